The lowest BCUT2D eigenvalue weighted by Gasteiger charge is -2.12. The average Bonchev–Trinajstić information content (AvgIpc) is 2.55. The fourth-order valence-corrected chi connectivity index (χ4v) is 3.07. The summed E-state index contributed by atoms with van der Waals surface area (Å²) < 4.78 is 6.70. The molecule has 1 amide bonds. The molecule has 0 aliphatic heterocycles. The van der Waals surface area contributed by atoms with E-state index in [4.69, 9.17) is 4.42 Å². The first kappa shape index (κ1) is 18.6. The third-order valence-electron chi connectivity index (χ3n) is 4.48. The first-order chi connectivity index (χ1) is 12.7. The van der Waals surface area contributed by atoms with Gasteiger partial charge < -0.3 is 9.73 Å². The van der Waals surface area contributed by atoms with Crippen LogP contribution in [-0.4, -0.2) is 15.5 Å². The van der Waals surface area contributed by atoms with Crippen LogP contribution in [0, 0.1) is 27.7 Å². The van der Waals surface area contributed by atoms with E-state index in [2.05, 4.69) is 10.3 Å². The summed E-state index contributed by atoms with van der Waals surface area (Å²) >= 11 is 0. The van der Waals surface area contributed by atoms with E-state index in [-0.39, 0.29) is 24.6 Å². The van der Waals surface area contributed by atoms with Crippen LogP contribution in [0.3, 0.4) is 0 Å². The average molecular weight is 367 g/mol. The molecule has 7 nitrogen and oxygen atoms in total. The number of aryl methyl sites for hydroxylation is 4. The van der Waals surface area contributed by atoms with Crippen molar-refractivity contribution in [3.8, 4) is 0 Å². The number of carbonyl (C=O) groups is 1. The third kappa shape index (κ3) is 3.97. The second kappa shape index (κ2) is 7.19. The molecular formula is C20H21N3O4. The predicted octanol–water partition coefficient (Wildman–Crippen LogP) is 2.61. The molecule has 1 aromatic carbocycles. The zero-order valence-electron chi connectivity index (χ0n) is 15.8. The number of fused-ring (bicyclic) bond motifs is 1. The van der Waals surface area contributed by atoms with Gasteiger partial charge in [0.25, 0.3) is 0 Å². The predicted molar refractivity (Wildman–Crippen MR) is 103 cm³/mol. The molecule has 0 aliphatic carbocycles. The minimum absolute atomic E-state index is 0.145. The first-order valence-electron chi connectivity index (χ1n) is 8.64. The maximum absolute atomic E-state index is 12.4. The van der Waals surface area contributed by atoms with Crippen molar-refractivity contribution in [1.29, 1.82) is 0 Å². The summed E-state index contributed by atoms with van der Waals surface area (Å²) in [7, 11) is 0. The minimum atomic E-state index is -0.399. The van der Waals surface area contributed by atoms with Crippen LogP contribution in [0.1, 0.15) is 28.9 Å². The second-order valence-corrected chi connectivity index (χ2v) is 6.68. The van der Waals surface area contributed by atoms with Crippen molar-refractivity contribution < 1.29 is 9.21 Å². The lowest BCUT2D eigenvalue weighted by molar-refractivity contribution is -0.116. The molecule has 0 unspecified atom stereocenters. The van der Waals surface area contributed by atoms with Crippen LogP contribution in [0.25, 0.3) is 11.0 Å². The Morgan fingerprint density at radius 3 is 2.52 bits per heavy atom. The van der Waals surface area contributed by atoms with E-state index in [1.54, 1.807) is 19.1 Å². The number of benzene rings is 1. The van der Waals surface area contributed by atoms with Gasteiger partial charge in [0.1, 0.15) is 5.58 Å². The first-order valence-corrected chi connectivity index (χ1v) is 8.64. The molecule has 3 aromatic rings. The van der Waals surface area contributed by atoms with Crippen molar-refractivity contribution in [3.05, 3.63) is 67.7 Å². The molecule has 0 aliphatic rings. The van der Waals surface area contributed by atoms with Gasteiger partial charge in [0.15, 0.2) is 0 Å². The number of hydrogen-bond donors (Lipinski definition) is 1. The monoisotopic (exact) mass is 367 g/mol. The highest BCUT2D eigenvalue weighted by Crippen LogP contribution is 2.25. The fourth-order valence-electron chi connectivity index (χ4n) is 3.07. The van der Waals surface area contributed by atoms with Crippen molar-refractivity contribution in [2.24, 2.45) is 0 Å². The highest BCUT2D eigenvalue weighted by molar-refractivity contribution is 5.95. The maximum atomic E-state index is 12.4. The van der Waals surface area contributed by atoms with Gasteiger partial charge in [-0.2, -0.15) is 4.98 Å². The Kier molecular flexibility index (Phi) is 4.94. The molecule has 0 saturated carbocycles. The minimum Gasteiger partial charge on any atom is -0.423 e. The van der Waals surface area contributed by atoms with Gasteiger partial charge in [0.05, 0.1) is 0 Å². The molecule has 0 atom stereocenters. The molecular weight excluding hydrogens is 346 g/mol. The highest BCUT2D eigenvalue weighted by atomic mass is 16.4. The molecule has 3 rings (SSSR count). The Balaban J connectivity index is 1.79. The number of rotatable bonds is 4. The van der Waals surface area contributed by atoms with E-state index in [1.165, 1.54) is 10.6 Å². The van der Waals surface area contributed by atoms with E-state index >= 15 is 0 Å². The van der Waals surface area contributed by atoms with Gasteiger partial charge in [-0.15, -0.1) is 0 Å². The van der Waals surface area contributed by atoms with Crippen LogP contribution >= 0.6 is 0 Å². The summed E-state index contributed by atoms with van der Waals surface area (Å²) in [5.74, 6) is -0.209. The van der Waals surface area contributed by atoms with Gasteiger partial charge in [-0.1, -0.05) is 0 Å². The second-order valence-electron chi connectivity index (χ2n) is 6.68. The van der Waals surface area contributed by atoms with Crippen LogP contribution in [0.5, 0.6) is 0 Å². The van der Waals surface area contributed by atoms with Crippen molar-refractivity contribution in [2.75, 3.05) is 5.32 Å². The number of carbonyl (C=O) groups excluding carboxylic acids is 1. The van der Waals surface area contributed by atoms with Crippen LogP contribution in [-0.2, 0) is 11.3 Å². The molecule has 2 heterocycles. The van der Waals surface area contributed by atoms with Crippen molar-refractivity contribution in [1.82, 2.24) is 9.55 Å². The number of aromatic nitrogens is 2. The van der Waals surface area contributed by atoms with Crippen LogP contribution in [0.15, 0.2) is 38.3 Å². The Bertz CT molecular complexity index is 1160. The van der Waals surface area contributed by atoms with E-state index in [0.717, 1.165) is 22.2 Å². The molecule has 27 heavy (non-hydrogen) atoms. The van der Waals surface area contributed by atoms with E-state index in [0.29, 0.717) is 17.0 Å². The van der Waals surface area contributed by atoms with Gasteiger partial charge in [0, 0.05) is 41.5 Å². The Morgan fingerprint density at radius 1 is 1.07 bits per heavy atom. The number of anilines is 1. The van der Waals surface area contributed by atoms with Crippen molar-refractivity contribution in [3.63, 3.8) is 0 Å². The van der Waals surface area contributed by atoms with Gasteiger partial charge in [0.2, 0.25) is 5.91 Å². The summed E-state index contributed by atoms with van der Waals surface area (Å²) in [4.78, 5) is 39.8. The van der Waals surface area contributed by atoms with Crippen LogP contribution < -0.4 is 16.6 Å². The number of nitrogens with one attached hydrogen (secondary N) is 1. The van der Waals surface area contributed by atoms with Gasteiger partial charge in [-0.25, -0.2) is 9.59 Å². The summed E-state index contributed by atoms with van der Waals surface area (Å²) in [6.07, 6.45) is 0.145. The molecule has 7 heteroatoms. The van der Waals surface area contributed by atoms with Crippen molar-refractivity contribution in [2.45, 2.75) is 40.7 Å². The molecule has 0 radical (unpaired) electrons. The molecule has 2 aromatic heterocycles. The molecule has 0 fully saturated rings. The lowest BCUT2D eigenvalue weighted by atomic mass is 10.1. The Hall–Kier alpha value is -3.22. The molecule has 140 valence electrons. The normalized spacial score (nSPS) is 11.0. The van der Waals surface area contributed by atoms with Gasteiger partial charge >= 0.3 is 11.3 Å². The van der Waals surface area contributed by atoms with Gasteiger partial charge in [-0.05, 0) is 57.0 Å². The van der Waals surface area contributed by atoms with E-state index in [1.807, 2.05) is 26.8 Å². The number of hydrogen-bond acceptors (Lipinski definition) is 5. The molecule has 0 spiro atoms. The number of amides is 1. The third-order valence-corrected chi connectivity index (χ3v) is 4.48. The highest BCUT2D eigenvalue weighted by Gasteiger charge is 2.11. The van der Waals surface area contributed by atoms with Gasteiger partial charge in [-0.3, -0.25) is 9.36 Å². The number of nitrogens with zero attached hydrogens (tertiary/aromatic N) is 2. The Labute approximate surface area is 155 Å². The zero-order chi connectivity index (χ0) is 19.7. The standard InChI is InChI=1S/C20H21N3O4/c1-11-8-19(25)27-17-7-12(2)16(10-15(11)17)22-18(24)5-6-23-14(4)9-13(3)21-20(23)26/h7-10H,5-6H2,1-4H3,(H,22,24). The maximum Gasteiger partial charge on any atom is 0.347 e. The summed E-state index contributed by atoms with van der Waals surface area (Å²) in [5, 5.41) is 3.64. The Morgan fingerprint density at radius 2 is 1.81 bits per heavy atom. The van der Waals surface area contributed by atoms with Crippen molar-refractivity contribution >= 4 is 22.6 Å². The van der Waals surface area contributed by atoms with E-state index in [9.17, 15) is 14.4 Å². The zero-order valence-corrected chi connectivity index (χ0v) is 15.8. The topological polar surface area (TPSA) is 94.2 Å². The summed E-state index contributed by atoms with van der Waals surface area (Å²) in [6, 6.07) is 6.76. The largest absolute Gasteiger partial charge is 0.423 e. The SMILES string of the molecule is Cc1cc(C)n(CCC(=O)Nc2cc3c(C)cc(=O)oc3cc2C)c(=O)n1. The quantitative estimate of drug-likeness (QED) is 0.716. The van der Waals surface area contributed by atoms with Crippen LogP contribution in [0.4, 0.5) is 5.69 Å². The molecule has 0 saturated heterocycles. The fraction of sp³-hybridized carbons (Fsp3) is 0.300. The van der Waals surface area contributed by atoms with Crippen LogP contribution in [0.2, 0.25) is 0 Å². The van der Waals surface area contributed by atoms with E-state index < -0.39 is 5.63 Å². The molecule has 1 N–H and O–H groups in total. The smallest absolute Gasteiger partial charge is 0.347 e. The summed E-state index contributed by atoms with van der Waals surface area (Å²) in [5.41, 5.74) is 3.38. The molecule has 0 bridgehead atoms. The lowest BCUT2D eigenvalue weighted by Crippen LogP contribution is -2.27. The summed E-state index contributed by atoms with van der Waals surface area (Å²) in [6.45, 7) is 7.48.